The summed E-state index contributed by atoms with van der Waals surface area (Å²) in [4.78, 5) is 0. The van der Waals surface area contributed by atoms with Crippen molar-refractivity contribution in [3.8, 4) is 0 Å². The lowest BCUT2D eigenvalue weighted by atomic mass is 9.88. The zero-order valence-electron chi connectivity index (χ0n) is 21.0. The van der Waals surface area contributed by atoms with Crippen LogP contribution in [0.5, 0.6) is 0 Å². The highest BCUT2D eigenvalue weighted by Gasteiger charge is 2.34. The van der Waals surface area contributed by atoms with Crippen LogP contribution in [0, 0.1) is 0 Å². The van der Waals surface area contributed by atoms with Gasteiger partial charge in [0.1, 0.15) is 0 Å². The van der Waals surface area contributed by atoms with Crippen molar-refractivity contribution in [2.75, 3.05) is 13.2 Å². The minimum absolute atomic E-state index is 0.117. The molecule has 29 heavy (non-hydrogen) atoms. The maximum atomic E-state index is 6.30. The molecule has 2 heteroatoms. The average molecular weight is 413 g/mol. The summed E-state index contributed by atoms with van der Waals surface area (Å²) in [6.07, 6.45) is 24.5. The predicted octanol–water partition coefficient (Wildman–Crippen LogP) is 9.25. The molecular formula is C27H56O2. The molecule has 0 amide bonds. The minimum Gasteiger partial charge on any atom is -0.376 e. The summed E-state index contributed by atoms with van der Waals surface area (Å²) in [6, 6.07) is 0. The Balaban J connectivity index is 4.15. The van der Waals surface area contributed by atoms with Crippen molar-refractivity contribution in [1.29, 1.82) is 0 Å². The fourth-order valence-corrected chi connectivity index (χ4v) is 4.50. The van der Waals surface area contributed by atoms with Crippen LogP contribution in [0.1, 0.15) is 150 Å². The van der Waals surface area contributed by atoms with Gasteiger partial charge in [-0.05, 0) is 33.6 Å². The Labute approximate surface area is 184 Å². The van der Waals surface area contributed by atoms with E-state index in [1.807, 2.05) is 0 Å². The average Bonchev–Trinajstić information content (AvgIpc) is 2.71. The summed E-state index contributed by atoms with van der Waals surface area (Å²) < 4.78 is 12.5. The third kappa shape index (κ3) is 16.3. The maximum Gasteiger partial charge on any atom is 0.0914 e. The third-order valence-electron chi connectivity index (χ3n) is 6.37. The maximum absolute atomic E-state index is 6.30. The number of hydrogen-bond acceptors (Lipinski definition) is 2. The van der Waals surface area contributed by atoms with Gasteiger partial charge in [-0.2, -0.15) is 0 Å². The zero-order valence-corrected chi connectivity index (χ0v) is 21.0. The summed E-state index contributed by atoms with van der Waals surface area (Å²) >= 11 is 0. The van der Waals surface area contributed by atoms with E-state index in [4.69, 9.17) is 9.47 Å². The molecule has 2 unspecified atom stereocenters. The highest BCUT2D eigenvalue weighted by molar-refractivity contribution is 4.85. The van der Waals surface area contributed by atoms with E-state index in [0.717, 1.165) is 26.1 Å². The molecule has 0 N–H and O–H groups in total. The molecule has 0 saturated carbocycles. The van der Waals surface area contributed by atoms with Crippen molar-refractivity contribution in [2.45, 2.75) is 162 Å². The van der Waals surface area contributed by atoms with E-state index >= 15 is 0 Å². The van der Waals surface area contributed by atoms with Crippen LogP contribution < -0.4 is 0 Å². The standard InChI is InChI=1S/C27H56O2/c1-6-10-12-14-16-17-18-19-21-23-25-27(5,29-9-4)26(28-8-3)24-22-20-15-13-11-7-2/h26H,6-25H2,1-5H3. The second-order valence-corrected chi connectivity index (χ2v) is 9.18. The first-order valence-corrected chi connectivity index (χ1v) is 13.4. The third-order valence-corrected chi connectivity index (χ3v) is 6.37. The molecular weight excluding hydrogens is 356 g/mol. The Kier molecular flexibility index (Phi) is 21.1. The second-order valence-electron chi connectivity index (χ2n) is 9.18. The summed E-state index contributed by atoms with van der Waals surface area (Å²) in [6.45, 7) is 12.7. The lowest BCUT2D eigenvalue weighted by Crippen LogP contribution is -2.44. The van der Waals surface area contributed by atoms with Crippen LogP contribution in [-0.4, -0.2) is 24.9 Å². The molecule has 0 bridgehead atoms. The van der Waals surface area contributed by atoms with E-state index in [-0.39, 0.29) is 11.7 Å². The van der Waals surface area contributed by atoms with Gasteiger partial charge in [0.15, 0.2) is 0 Å². The molecule has 2 nitrogen and oxygen atoms in total. The number of ether oxygens (including phenoxy) is 2. The van der Waals surface area contributed by atoms with E-state index in [2.05, 4.69) is 34.6 Å². The van der Waals surface area contributed by atoms with E-state index < -0.39 is 0 Å². The molecule has 0 saturated heterocycles. The van der Waals surface area contributed by atoms with Crippen molar-refractivity contribution in [3.63, 3.8) is 0 Å². The van der Waals surface area contributed by atoms with Crippen LogP contribution in [0.3, 0.4) is 0 Å². The lowest BCUT2D eigenvalue weighted by molar-refractivity contribution is -0.140. The second kappa shape index (κ2) is 21.2. The van der Waals surface area contributed by atoms with Crippen molar-refractivity contribution in [3.05, 3.63) is 0 Å². The van der Waals surface area contributed by atoms with Crippen molar-refractivity contribution >= 4 is 0 Å². The minimum atomic E-state index is -0.117. The summed E-state index contributed by atoms with van der Waals surface area (Å²) in [5, 5.41) is 0. The Morgan fingerprint density at radius 2 is 1.00 bits per heavy atom. The first kappa shape index (κ1) is 28.9. The molecule has 0 aliphatic carbocycles. The summed E-state index contributed by atoms with van der Waals surface area (Å²) in [7, 11) is 0. The summed E-state index contributed by atoms with van der Waals surface area (Å²) in [5.74, 6) is 0. The molecule has 0 aromatic heterocycles. The quantitative estimate of drug-likeness (QED) is 0.156. The van der Waals surface area contributed by atoms with E-state index in [0.29, 0.717) is 0 Å². The van der Waals surface area contributed by atoms with Crippen LogP contribution in [0.25, 0.3) is 0 Å². The zero-order chi connectivity index (χ0) is 21.6. The summed E-state index contributed by atoms with van der Waals surface area (Å²) in [5.41, 5.74) is -0.117. The lowest BCUT2D eigenvalue weighted by Gasteiger charge is -2.37. The van der Waals surface area contributed by atoms with E-state index in [1.165, 1.54) is 103 Å². The number of unbranched alkanes of at least 4 members (excludes halogenated alkanes) is 14. The molecule has 176 valence electrons. The first-order chi connectivity index (χ1) is 14.1. The van der Waals surface area contributed by atoms with Gasteiger partial charge >= 0.3 is 0 Å². The Morgan fingerprint density at radius 3 is 1.45 bits per heavy atom. The van der Waals surface area contributed by atoms with Crippen LogP contribution >= 0.6 is 0 Å². The molecule has 0 fully saturated rings. The molecule has 0 rings (SSSR count). The van der Waals surface area contributed by atoms with Gasteiger partial charge < -0.3 is 9.47 Å². The van der Waals surface area contributed by atoms with Crippen molar-refractivity contribution in [1.82, 2.24) is 0 Å². The highest BCUT2D eigenvalue weighted by atomic mass is 16.5. The normalized spacial score (nSPS) is 14.8. The largest absolute Gasteiger partial charge is 0.376 e. The Bertz CT molecular complexity index is 318. The monoisotopic (exact) mass is 412 g/mol. The van der Waals surface area contributed by atoms with Crippen LogP contribution in [-0.2, 0) is 9.47 Å². The van der Waals surface area contributed by atoms with Crippen LogP contribution in [0.2, 0.25) is 0 Å². The number of rotatable bonds is 23. The molecule has 0 aromatic rings. The molecule has 0 heterocycles. The van der Waals surface area contributed by atoms with Gasteiger partial charge in [0, 0.05) is 13.2 Å². The van der Waals surface area contributed by atoms with Gasteiger partial charge in [-0.15, -0.1) is 0 Å². The van der Waals surface area contributed by atoms with Gasteiger partial charge in [0.05, 0.1) is 11.7 Å². The first-order valence-electron chi connectivity index (χ1n) is 13.4. The Morgan fingerprint density at radius 1 is 0.552 bits per heavy atom. The Hall–Kier alpha value is -0.0800. The fraction of sp³-hybridized carbons (Fsp3) is 1.00. The van der Waals surface area contributed by atoms with Crippen molar-refractivity contribution in [2.24, 2.45) is 0 Å². The topological polar surface area (TPSA) is 18.5 Å². The molecule has 0 aliphatic rings. The molecule has 0 spiro atoms. The van der Waals surface area contributed by atoms with E-state index in [1.54, 1.807) is 0 Å². The van der Waals surface area contributed by atoms with Gasteiger partial charge in [-0.3, -0.25) is 0 Å². The van der Waals surface area contributed by atoms with Gasteiger partial charge in [-0.25, -0.2) is 0 Å². The molecule has 2 atom stereocenters. The van der Waals surface area contributed by atoms with E-state index in [9.17, 15) is 0 Å². The smallest absolute Gasteiger partial charge is 0.0914 e. The molecule has 0 aliphatic heterocycles. The van der Waals surface area contributed by atoms with Crippen LogP contribution in [0.15, 0.2) is 0 Å². The molecule has 0 radical (unpaired) electrons. The predicted molar refractivity (Wildman–Crippen MR) is 130 cm³/mol. The van der Waals surface area contributed by atoms with Gasteiger partial charge in [-0.1, -0.05) is 117 Å². The van der Waals surface area contributed by atoms with Crippen LogP contribution in [0.4, 0.5) is 0 Å². The van der Waals surface area contributed by atoms with Crippen molar-refractivity contribution < 1.29 is 9.47 Å². The molecule has 0 aromatic carbocycles. The van der Waals surface area contributed by atoms with Gasteiger partial charge in [0.2, 0.25) is 0 Å². The number of hydrogen-bond donors (Lipinski definition) is 0. The highest BCUT2D eigenvalue weighted by Crippen LogP contribution is 2.30. The fourth-order valence-electron chi connectivity index (χ4n) is 4.50. The van der Waals surface area contributed by atoms with Gasteiger partial charge in [0.25, 0.3) is 0 Å². The SMILES string of the molecule is CCCCCCCCCCCCC(C)(OCC)C(CCCCCCCC)OCC.